The molecule has 0 radical (unpaired) electrons. The first kappa shape index (κ1) is 32.0. The Morgan fingerprint density at radius 2 is 1.64 bits per heavy atom. The number of fused-ring (bicyclic) bond motifs is 1. The first-order valence-corrected chi connectivity index (χ1v) is 15.5. The number of anilines is 1. The first-order chi connectivity index (χ1) is 22.7. The summed E-state index contributed by atoms with van der Waals surface area (Å²) < 4.78 is 10.6. The maximum Gasteiger partial charge on any atom is 0.303 e. The van der Waals surface area contributed by atoms with Gasteiger partial charge in [-0.1, -0.05) is 11.6 Å². The molecule has 0 saturated heterocycles. The highest BCUT2D eigenvalue weighted by Gasteiger charge is 2.32. The van der Waals surface area contributed by atoms with Crippen LogP contribution < -0.4 is 20.9 Å². The van der Waals surface area contributed by atoms with Gasteiger partial charge >= 0.3 is 5.97 Å². The van der Waals surface area contributed by atoms with Crippen LogP contribution in [0.25, 0.3) is 49.2 Å². The third-order valence-electron chi connectivity index (χ3n) is 9.19. The Kier molecular flexibility index (Phi) is 8.61. The monoisotopic (exact) mass is 641 g/mol. The highest BCUT2D eigenvalue weighted by Crippen LogP contribution is 2.52. The molecule has 0 heterocycles. The van der Waals surface area contributed by atoms with Gasteiger partial charge in [0.15, 0.2) is 11.2 Å². The molecule has 6 rings (SSSR count). The van der Waals surface area contributed by atoms with Crippen molar-refractivity contribution in [2.24, 2.45) is 0 Å². The molecule has 5 aromatic carbocycles. The van der Waals surface area contributed by atoms with Crippen molar-refractivity contribution in [3.63, 3.8) is 0 Å². The van der Waals surface area contributed by atoms with Gasteiger partial charge < -0.3 is 35.2 Å². The number of nitrogens with one attached hydrogen (secondary N) is 1. The number of aliphatic carboxylic acids is 1. The summed E-state index contributed by atoms with van der Waals surface area (Å²) in [6, 6.07) is 2.96. The van der Waals surface area contributed by atoms with Crippen LogP contribution in [-0.2, 0) is 40.4 Å². The van der Waals surface area contributed by atoms with E-state index in [2.05, 4.69) is 5.32 Å². The second-order valence-corrected chi connectivity index (χ2v) is 12.0. The van der Waals surface area contributed by atoms with Crippen LogP contribution in [0, 0.1) is 0 Å². The number of carbonyl (C=O) groups excluding carboxylic acids is 1. The zero-order valence-electron chi connectivity index (χ0n) is 26.1. The molecule has 244 valence electrons. The summed E-state index contributed by atoms with van der Waals surface area (Å²) in [7, 11) is 1.43. The zero-order chi connectivity index (χ0) is 33.6. The van der Waals surface area contributed by atoms with E-state index in [9.17, 15) is 39.6 Å². The number of aliphatic hydroxyl groups is 2. The van der Waals surface area contributed by atoms with Crippen LogP contribution in [0.2, 0.25) is 0 Å². The molecule has 0 unspecified atom stereocenters. The van der Waals surface area contributed by atoms with Crippen LogP contribution in [0.15, 0.2) is 27.3 Å². The number of phenols is 1. The van der Waals surface area contributed by atoms with Crippen molar-refractivity contribution in [1.82, 2.24) is 0 Å². The van der Waals surface area contributed by atoms with Crippen molar-refractivity contribution >= 4 is 67.3 Å². The quantitative estimate of drug-likeness (QED) is 0.0504. The Morgan fingerprint density at radius 1 is 0.936 bits per heavy atom. The number of phenolic OH excluding ortho intramolecular Hbond substituents is 1. The van der Waals surface area contributed by atoms with Gasteiger partial charge in [-0.25, -0.2) is 0 Å². The van der Waals surface area contributed by atoms with Gasteiger partial charge in [0, 0.05) is 40.6 Å². The van der Waals surface area contributed by atoms with Crippen molar-refractivity contribution in [2.75, 3.05) is 25.6 Å². The van der Waals surface area contributed by atoms with E-state index >= 15 is 0 Å². The summed E-state index contributed by atoms with van der Waals surface area (Å²) in [6.45, 7) is 1.85. The second-order valence-electron chi connectivity index (χ2n) is 12.0. The van der Waals surface area contributed by atoms with E-state index in [1.807, 2.05) is 13.0 Å². The predicted octanol–water partition coefficient (Wildman–Crippen LogP) is 4.33. The Balaban J connectivity index is 1.85. The number of carboxylic acids is 1. The lowest BCUT2D eigenvalue weighted by Crippen LogP contribution is -2.16. The van der Waals surface area contributed by atoms with Gasteiger partial charge in [-0.3, -0.25) is 19.2 Å². The summed E-state index contributed by atoms with van der Waals surface area (Å²) in [5.74, 6) is -0.990. The van der Waals surface area contributed by atoms with Gasteiger partial charge in [-0.15, -0.1) is 0 Å². The topological polar surface area (TPSA) is 180 Å². The van der Waals surface area contributed by atoms with E-state index < -0.39 is 24.6 Å². The number of allylic oxidation sites excluding steroid dienone is 1. The third-order valence-corrected chi connectivity index (χ3v) is 9.19. The largest absolute Gasteiger partial charge is 0.507 e. The minimum atomic E-state index is -0.923. The van der Waals surface area contributed by atoms with Gasteiger partial charge in [0.2, 0.25) is 5.43 Å². The maximum absolute atomic E-state index is 14.4. The average molecular weight is 642 g/mol. The molecule has 0 fully saturated rings. The number of carboxylic acid groups (broad SMARTS) is 1. The van der Waals surface area contributed by atoms with Crippen LogP contribution in [0.4, 0.5) is 5.69 Å². The molecule has 5 aromatic rings. The van der Waals surface area contributed by atoms with Crippen LogP contribution in [0.5, 0.6) is 11.5 Å². The molecule has 0 saturated carbocycles. The maximum atomic E-state index is 14.4. The number of hydrogen-bond donors (Lipinski definition) is 5. The van der Waals surface area contributed by atoms with E-state index in [0.717, 1.165) is 5.57 Å². The van der Waals surface area contributed by atoms with Crippen LogP contribution in [0.3, 0.4) is 0 Å². The lowest BCUT2D eigenvalue weighted by molar-refractivity contribution is -0.137. The number of rotatable bonds is 14. The molecule has 47 heavy (non-hydrogen) atoms. The first-order valence-electron chi connectivity index (χ1n) is 15.5. The van der Waals surface area contributed by atoms with Crippen LogP contribution in [-0.4, -0.2) is 53.1 Å². The molecule has 0 spiro atoms. The fourth-order valence-electron chi connectivity index (χ4n) is 7.37. The molecule has 11 nitrogen and oxygen atoms in total. The van der Waals surface area contributed by atoms with E-state index in [1.165, 1.54) is 13.2 Å². The predicted molar refractivity (Wildman–Crippen MR) is 179 cm³/mol. The number of unbranched alkanes of at least 4 members (excludes halogenated alkanes) is 1. The summed E-state index contributed by atoms with van der Waals surface area (Å²) in [4.78, 5) is 50.0. The third kappa shape index (κ3) is 5.06. The van der Waals surface area contributed by atoms with Gasteiger partial charge in [0.05, 0.1) is 37.7 Å². The molecule has 0 amide bonds. The SMILES string of the molecule is COc1c2c3c4c(c(CCCCC(=O)O)c(O)c5c(=O)cc(CO)c(c6c(CO)cc(NCCCOC=O)c(c1=O)c63)c54)C=C(C)C2. The highest BCUT2D eigenvalue weighted by molar-refractivity contribution is 6.38. The highest BCUT2D eigenvalue weighted by atomic mass is 16.5. The average Bonchev–Trinajstić information content (AvgIpc) is 3.19. The Morgan fingerprint density at radius 3 is 2.30 bits per heavy atom. The summed E-state index contributed by atoms with van der Waals surface area (Å²) in [5, 5.41) is 49.2. The fraction of sp³-hybridized carbons (Fsp3) is 0.333. The number of aromatic hydroxyl groups is 1. The Labute approximate surface area is 268 Å². The molecule has 0 aliphatic heterocycles. The lowest BCUT2D eigenvalue weighted by atomic mass is 9.80. The minimum absolute atomic E-state index is 0.0382. The Hall–Kier alpha value is -5.00. The van der Waals surface area contributed by atoms with Crippen molar-refractivity contribution in [2.45, 2.75) is 58.7 Å². The summed E-state index contributed by atoms with van der Waals surface area (Å²) in [6.07, 6.45) is 3.78. The van der Waals surface area contributed by atoms with Crippen molar-refractivity contribution in [3.05, 3.63) is 66.0 Å². The van der Waals surface area contributed by atoms with E-state index in [4.69, 9.17) is 9.47 Å². The fourth-order valence-corrected chi connectivity index (χ4v) is 7.37. The molecule has 11 heteroatoms. The second kappa shape index (κ2) is 12.7. The number of ether oxygens (including phenoxy) is 2. The number of carbonyl (C=O) groups is 2. The normalized spacial score (nSPS) is 12.7. The van der Waals surface area contributed by atoms with Gasteiger partial charge in [-0.05, 0) is 89.4 Å². The minimum Gasteiger partial charge on any atom is -0.507 e. The molecule has 0 aromatic heterocycles. The van der Waals surface area contributed by atoms with E-state index in [1.54, 1.807) is 6.07 Å². The number of methoxy groups -OCH3 is 1. The molecule has 0 bridgehead atoms. The smallest absolute Gasteiger partial charge is 0.303 e. The summed E-state index contributed by atoms with van der Waals surface area (Å²) >= 11 is 0. The lowest BCUT2D eigenvalue weighted by Gasteiger charge is -2.25. The zero-order valence-corrected chi connectivity index (χ0v) is 26.1. The molecule has 0 atom stereocenters. The molecule has 5 N–H and O–H groups in total. The summed E-state index contributed by atoms with van der Waals surface area (Å²) in [5.41, 5.74) is 2.95. The van der Waals surface area contributed by atoms with Crippen molar-refractivity contribution < 1.29 is 39.5 Å². The molecule has 1 aliphatic rings. The number of aliphatic hydroxyl groups excluding tert-OH is 2. The van der Waals surface area contributed by atoms with Crippen LogP contribution >= 0.6 is 0 Å². The number of hydrogen-bond acceptors (Lipinski definition) is 10. The molecular weight excluding hydrogens is 606 g/mol. The van der Waals surface area contributed by atoms with Crippen LogP contribution in [0.1, 0.15) is 60.4 Å². The number of benzene rings is 5. The van der Waals surface area contributed by atoms with Crippen molar-refractivity contribution in [3.8, 4) is 11.5 Å². The van der Waals surface area contributed by atoms with Gasteiger partial charge in [-0.2, -0.15) is 0 Å². The molecule has 1 aliphatic carbocycles. The van der Waals surface area contributed by atoms with E-state index in [-0.39, 0.29) is 35.3 Å². The Bertz CT molecular complexity index is 2220. The van der Waals surface area contributed by atoms with Crippen molar-refractivity contribution in [1.29, 1.82) is 0 Å². The standard InChI is InChI=1S/C36H35NO10/c1-17-10-21-20(6-3-4-7-25(42)43)34(44)31-24(41)13-19(15-39)27-26-18(14-38)12-23(37-8-5-9-47-16-40)30-32(26)29(28(21)33(27)31)22(11-17)36(46-2)35(30)45/h10,12-13,16,37-39,44H,3-9,11,14-15H2,1-2H3,(H,42,43). The van der Waals surface area contributed by atoms with E-state index in [0.29, 0.717) is 116 Å². The van der Waals surface area contributed by atoms with Gasteiger partial charge in [0.25, 0.3) is 6.47 Å². The molecular formula is C36H35NO10. The van der Waals surface area contributed by atoms with Gasteiger partial charge in [0.1, 0.15) is 5.75 Å².